The number of rotatable bonds is 1. The lowest BCUT2D eigenvalue weighted by Crippen LogP contribution is -2.09. The van der Waals surface area contributed by atoms with Crippen LogP contribution >= 0.6 is 11.6 Å². The molecule has 0 spiro atoms. The van der Waals surface area contributed by atoms with Crippen molar-refractivity contribution in [2.45, 2.75) is 0 Å². The fraction of sp³-hybridized carbons (Fsp3) is 0. The van der Waals surface area contributed by atoms with Crippen molar-refractivity contribution in [1.82, 2.24) is 0 Å². The zero-order chi connectivity index (χ0) is 17.5. The van der Waals surface area contributed by atoms with E-state index in [-0.39, 0.29) is 0 Å². The van der Waals surface area contributed by atoms with Gasteiger partial charge in [-0.05, 0) is 47.2 Å². The highest BCUT2D eigenvalue weighted by molar-refractivity contribution is 6.30. The Morgan fingerprint density at radius 1 is 0.731 bits per heavy atom. The maximum atomic E-state index is 6.22. The Bertz CT molecular complexity index is 1160. The fourth-order valence-corrected chi connectivity index (χ4v) is 3.48. The van der Waals surface area contributed by atoms with Crippen LogP contribution in [0.4, 0.5) is 5.69 Å². The highest BCUT2D eigenvalue weighted by Crippen LogP contribution is 2.43. The summed E-state index contributed by atoms with van der Waals surface area (Å²) in [4.78, 5) is 4.86. The molecule has 124 valence electrons. The van der Waals surface area contributed by atoms with Gasteiger partial charge < -0.3 is 4.74 Å². The van der Waals surface area contributed by atoms with E-state index >= 15 is 0 Å². The monoisotopic (exact) mass is 355 g/mol. The Hall–Kier alpha value is -3.10. The van der Waals surface area contributed by atoms with Crippen molar-refractivity contribution in [1.29, 1.82) is 0 Å². The number of fused-ring (bicyclic) bond motifs is 5. The van der Waals surface area contributed by atoms with E-state index in [9.17, 15) is 0 Å². The number of para-hydroxylation sites is 1. The van der Waals surface area contributed by atoms with Crippen LogP contribution in [-0.2, 0) is 0 Å². The lowest BCUT2D eigenvalue weighted by atomic mass is 9.96. The van der Waals surface area contributed by atoms with Gasteiger partial charge in [-0.15, -0.1) is 0 Å². The molecule has 0 radical (unpaired) electrons. The van der Waals surface area contributed by atoms with Crippen LogP contribution in [-0.4, -0.2) is 5.90 Å². The first-order valence-corrected chi connectivity index (χ1v) is 8.81. The summed E-state index contributed by atoms with van der Waals surface area (Å²) < 4.78 is 6.22. The number of halogens is 1. The van der Waals surface area contributed by atoms with Crippen molar-refractivity contribution in [3.05, 3.63) is 95.5 Å². The van der Waals surface area contributed by atoms with Crippen LogP contribution in [0.2, 0.25) is 5.02 Å². The Morgan fingerprint density at radius 3 is 2.38 bits per heavy atom. The van der Waals surface area contributed by atoms with Crippen molar-refractivity contribution >= 4 is 34.0 Å². The van der Waals surface area contributed by atoms with E-state index in [0.29, 0.717) is 10.9 Å². The summed E-state index contributed by atoms with van der Waals surface area (Å²) in [6.45, 7) is 0. The van der Waals surface area contributed by atoms with E-state index < -0.39 is 0 Å². The molecular weight excluding hydrogens is 342 g/mol. The molecule has 1 heterocycles. The summed E-state index contributed by atoms with van der Waals surface area (Å²) in [7, 11) is 0. The third-order valence-electron chi connectivity index (χ3n) is 4.58. The Balaban J connectivity index is 1.83. The van der Waals surface area contributed by atoms with Crippen molar-refractivity contribution in [2.24, 2.45) is 4.99 Å². The molecule has 0 unspecified atom stereocenters. The zero-order valence-corrected chi connectivity index (χ0v) is 14.6. The zero-order valence-electron chi connectivity index (χ0n) is 13.8. The highest BCUT2D eigenvalue weighted by atomic mass is 35.5. The molecule has 0 saturated heterocycles. The molecule has 0 N–H and O–H groups in total. The quantitative estimate of drug-likeness (QED) is 0.375. The largest absolute Gasteiger partial charge is 0.438 e. The Morgan fingerprint density at radius 2 is 1.50 bits per heavy atom. The van der Waals surface area contributed by atoms with Crippen molar-refractivity contribution in [3.8, 4) is 16.9 Å². The summed E-state index contributed by atoms with van der Waals surface area (Å²) in [5.74, 6) is 1.37. The van der Waals surface area contributed by atoms with Crippen LogP contribution in [0.15, 0.2) is 89.9 Å². The first kappa shape index (κ1) is 15.2. The minimum atomic E-state index is 0.572. The van der Waals surface area contributed by atoms with Crippen LogP contribution in [0.1, 0.15) is 5.56 Å². The molecule has 0 saturated carbocycles. The number of aliphatic imine (C=N–C) groups is 1. The first-order valence-electron chi connectivity index (χ1n) is 8.43. The standard InChI is InChI=1S/C23H14ClNO/c24-17-12-9-16(10-13-17)23-25-20-14-11-15-5-1-2-6-18(15)22(20)19-7-3-4-8-21(19)26-23/h1-14H. The molecule has 0 amide bonds. The summed E-state index contributed by atoms with van der Waals surface area (Å²) >= 11 is 6.03. The van der Waals surface area contributed by atoms with E-state index in [1.165, 1.54) is 10.8 Å². The van der Waals surface area contributed by atoms with Gasteiger partial charge in [-0.2, -0.15) is 0 Å². The van der Waals surface area contributed by atoms with Gasteiger partial charge in [0.2, 0.25) is 5.90 Å². The molecule has 2 nitrogen and oxygen atoms in total. The molecule has 0 fully saturated rings. The first-order chi connectivity index (χ1) is 12.8. The van der Waals surface area contributed by atoms with Crippen LogP contribution < -0.4 is 4.74 Å². The average Bonchev–Trinajstić information content (AvgIpc) is 2.85. The highest BCUT2D eigenvalue weighted by Gasteiger charge is 2.20. The van der Waals surface area contributed by atoms with E-state index in [4.69, 9.17) is 21.3 Å². The molecule has 0 aliphatic carbocycles. The van der Waals surface area contributed by atoms with Gasteiger partial charge in [0.15, 0.2) is 0 Å². The second kappa shape index (κ2) is 6.01. The molecule has 4 aromatic carbocycles. The average molecular weight is 356 g/mol. The molecule has 1 aliphatic rings. The van der Waals surface area contributed by atoms with Crippen molar-refractivity contribution in [2.75, 3.05) is 0 Å². The van der Waals surface area contributed by atoms with Gasteiger partial charge in [0.1, 0.15) is 5.75 Å². The van der Waals surface area contributed by atoms with Crippen LogP contribution in [0.3, 0.4) is 0 Å². The van der Waals surface area contributed by atoms with E-state index in [0.717, 1.165) is 28.1 Å². The number of hydrogen-bond acceptors (Lipinski definition) is 2. The molecule has 3 heteroatoms. The van der Waals surface area contributed by atoms with Gasteiger partial charge in [0.25, 0.3) is 0 Å². The minimum absolute atomic E-state index is 0.572. The molecule has 26 heavy (non-hydrogen) atoms. The maximum Gasteiger partial charge on any atom is 0.227 e. The Kier molecular flexibility index (Phi) is 3.51. The number of benzene rings is 4. The predicted molar refractivity (Wildman–Crippen MR) is 108 cm³/mol. The molecule has 4 aromatic rings. The van der Waals surface area contributed by atoms with E-state index in [1.807, 2.05) is 42.5 Å². The molecule has 0 atom stereocenters. The summed E-state index contributed by atoms with van der Waals surface area (Å²) in [6.07, 6.45) is 0. The summed E-state index contributed by atoms with van der Waals surface area (Å²) in [5, 5.41) is 3.04. The second-order valence-electron chi connectivity index (χ2n) is 6.20. The third kappa shape index (κ3) is 2.47. The van der Waals surface area contributed by atoms with Gasteiger partial charge in [-0.25, -0.2) is 4.99 Å². The smallest absolute Gasteiger partial charge is 0.227 e. The maximum absolute atomic E-state index is 6.22. The van der Waals surface area contributed by atoms with E-state index in [2.05, 4.69) is 42.5 Å². The lowest BCUT2D eigenvalue weighted by Gasteiger charge is -2.11. The minimum Gasteiger partial charge on any atom is -0.438 e. The molecular formula is C23H14ClNO. The van der Waals surface area contributed by atoms with Gasteiger partial charge in [-0.1, -0.05) is 60.1 Å². The van der Waals surface area contributed by atoms with Crippen LogP contribution in [0, 0.1) is 0 Å². The number of hydrogen-bond donors (Lipinski definition) is 0. The molecule has 1 aliphatic heterocycles. The predicted octanol–water partition coefficient (Wildman–Crippen LogP) is 6.63. The molecule has 0 bridgehead atoms. The van der Waals surface area contributed by atoms with Gasteiger partial charge >= 0.3 is 0 Å². The van der Waals surface area contributed by atoms with Gasteiger partial charge in [-0.3, -0.25) is 0 Å². The lowest BCUT2D eigenvalue weighted by molar-refractivity contribution is 0.557. The van der Waals surface area contributed by atoms with E-state index in [1.54, 1.807) is 0 Å². The number of nitrogens with zero attached hydrogens (tertiary/aromatic N) is 1. The van der Waals surface area contributed by atoms with Crippen molar-refractivity contribution in [3.63, 3.8) is 0 Å². The molecule has 5 rings (SSSR count). The fourth-order valence-electron chi connectivity index (χ4n) is 3.35. The third-order valence-corrected chi connectivity index (χ3v) is 4.84. The second-order valence-corrected chi connectivity index (χ2v) is 6.64. The Labute approximate surface area is 156 Å². The summed E-state index contributed by atoms with van der Waals surface area (Å²) in [5.41, 5.74) is 3.94. The van der Waals surface area contributed by atoms with Crippen LogP contribution in [0.5, 0.6) is 5.75 Å². The van der Waals surface area contributed by atoms with Crippen LogP contribution in [0.25, 0.3) is 21.9 Å². The SMILES string of the molecule is Clc1ccc(C2=Nc3ccc4ccccc4c3-c3ccccc3O2)cc1. The van der Waals surface area contributed by atoms with Crippen molar-refractivity contribution < 1.29 is 4.74 Å². The number of ether oxygens (including phenoxy) is 1. The topological polar surface area (TPSA) is 21.6 Å². The normalized spacial score (nSPS) is 12.6. The van der Waals surface area contributed by atoms with Gasteiger partial charge in [0, 0.05) is 21.7 Å². The summed E-state index contributed by atoms with van der Waals surface area (Å²) in [6, 6.07) is 28.1. The van der Waals surface area contributed by atoms with Gasteiger partial charge in [0.05, 0.1) is 5.69 Å². The molecule has 0 aromatic heterocycles.